The molecule has 0 fully saturated rings. The minimum atomic E-state index is -3.75. The van der Waals surface area contributed by atoms with Crippen LogP contribution in [0.2, 0.25) is 0 Å². The van der Waals surface area contributed by atoms with Crippen molar-refractivity contribution >= 4 is 31.1 Å². The molecule has 7 heteroatoms. The van der Waals surface area contributed by atoms with Crippen molar-refractivity contribution in [1.82, 2.24) is 4.98 Å². The number of rotatable bonds is 1. The fourth-order valence-corrected chi connectivity index (χ4v) is 2.87. The highest BCUT2D eigenvalue weighted by molar-refractivity contribution is 8.15. The maximum atomic E-state index is 10.7. The number of H-pyrrole nitrogens is 1. The Bertz CT molecular complexity index is 415. The first-order valence-corrected chi connectivity index (χ1v) is 5.68. The van der Waals surface area contributed by atoms with E-state index >= 15 is 0 Å². The van der Waals surface area contributed by atoms with Crippen LogP contribution in [0.1, 0.15) is 5.69 Å². The first-order valence-electron chi connectivity index (χ1n) is 2.55. The van der Waals surface area contributed by atoms with Crippen molar-refractivity contribution in [3.05, 3.63) is 15.4 Å². The Morgan fingerprint density at radius 1 is 1.55 bits per heavy atom. The molecule has 62 valence electrons. The van der Waals surface area contributed by atoms with E-state index < -0.39 is 13.9 Å². The molecule has 11 heavy (non-hydrogen) atoms. The first kappa shape index (κ1) is 8.76. The normalized spacial score (nSPS) is 11.8. The summed E-state index contributed by atoms with van der Waals surface area (Å²) in [5.41, 5.74) is 0.287. The summed E-state index contributed by atoms with van der Waals surface area (Å²) in [6, 6.07) is 0. The van der Waals surface area contributed by atoms with Gasteiger partial charge in [-0.2, -0.15) is 0 Å². The number of nitrogens with one attached hydrogen (secondary N) is 1. The highest BCUT2D eigenvalue weighted by atomic mass is 35.7. The Kier molecular flexibility index (Phi) is 2.08. The maximum absolute atomic E-state index is 10.7. The van der Waals surface area contributed by atoms with E-state index in [2.05, 4.69) is 4.98 Å². The third-order valence-corrected chi connectivity index (χ3v) is 4.18. The lowest BCUT2D eigenvalue weighted by Gasteiger charge is -1.88. The van der Waals surface area contributed by atoms with E-state index in [0.29, 0.717) is 11.3 Å². The Balaban J connectivity index is 3.48. The average molecular weight is 214 g/mol. The van der Waals surface area contributed by atoms with Crippen LogP contribution < -0.4 is 4.87 Å². The van der Waals surface area contributed by atoms with E-state index in [9.17, 15) is 13.2 Å². The molecule has 4 nitrogen and oxygen atoms in total. The zero-order chi connectivity index (χ0) is 8.65. The zero-order valence-corrected chi connectivity index (χ0v) is 7.81. The summed E-state index contributed by atoms with van der Waals surface area (Å²) >= 11 is 0.590. The van der Waals surface area contributed by atoms with Gasteiger partial charge in [-0.15, -0.1) is 0 Å². The van der Waals surface area contributed by atoms with Gasteiger partial charge in [0.25, 0.3) is 9.05 Å². The van der Waals surface area contributed by atoms with E-state index in [1.807, 2.05) is 0 Å². The van der Waals surface area contributed by atoms with Crippen molar-refractivity contribution in [1.29, 1.82) is 0 Å². The summed E-state index contributed by atoms with van der Waals surface area (Å²) in [6.45, 7) is 1.48. The van der Waals surface area contributed by atoms with E-state index in [4.69, 9.17) is 10.7 Å². The molecule has 0 spiro atoms. The van der Waals surface area contributed by atoms with Gasteiger partial charge in [0.15, 0.2) is 4.21 Å². The third kappa shape index (κ3) is 1.82. The second-order valence-electron chi connectivity index (χ2n) is 1.86. The quantitative estimate of drug-likeness (QED) is 0.698. The highest BCUT2D eigenvalue weighted by Crippen LogP contribution is 2.19. The standard InChI is InChI=1S/C4H4ClNO3S2/c1-2-3(11(5,8)9)10-4(7)6-2/h1H3,(H,6,7). The molecular weight excluding hydrogens is 210 g/mol. The molecular formula is C4H4ClNO3S2. The summed E-state index contributed by atoms with van der Waals surface area (Å²) in [5.74, 6) is 0. The lowest BCUT2D eigenvalue weighted by molar-refractivity contribution is 0.610. The van der Waals surface area contributed by atoms with Gasteiger partial charge in [0, 0.05) is 16.4 Å². The van der Waals surface area contributed by atoms with Crippen LogP contribution in [0.4, 0.5) is 0 Å². The van der Waals surface area contributed by atoms with Crippen molar-refractivity contribution < 1.29 is 8.42 Å². The number of thiazole rings is 1. The van der Waals surface area contributed by atoms with Crippen LogP contribution in [-0.2, 0) is 9.05 Å². The van der Waals surface area contributed by atoms with Gasteiger partial charge in [-0.05, 0) is 6.92 Å². The molecule has 1 N–H and O–H groups in total. The van der Waals surface area contributed by atoms with Crippen LogP contribution in [-0.4, -0.2) is 13.4 Å². The van der Waals surface area contributed by atoms with Crippen molar-refractivity contribution in [3.63, 3.8) is 0 Å². The Morgan fingerprint density at radius 3 is 2.27 bits per heavy atom. The minimum absolute atomic E-state index is 0.107. The van der Waals surface area contributed by atoms with Crippen LogP contribution in [0.3, 0.4) is 0 Å². The van der Waals surface area contributed by atoms with Crippen molar-refractivity contribution in [2.24, 2.45) is 0 Å². The van der Waals surface area contributed by atoms with Gasteiger partial charge in [-0.3, -0.25) is 4.79 Å². The molecule has 0 saturated heterocycles. The predicted octanol–water partition coefficient (Wildman–Crippen LogP) is 0.672. The molecule has 0 bridgehead atoms. The molecule has 0 aromatic carbocycles. The minimum Gasteiger partial charge on any atom is -0.315 e. The number of hydrogen-bond donors (Lipinski definition) is 1. The molecule has 0 atom stereocenters. The van der Waals surface area contributed by atoms with Gasteiger partial charge in [-0.25, -0.2) is 8.42 Å². The predicted molar refractivity (Wildman–Crippen MR) is 42.7 cm³/mol. The van der Waals surface area contributed by atoms with E-state index in [1.165, 1.54) is 6.92 Å². The second-order valence-corrected chi connectivity index (χ2v) is 5.61. The summed E-state index contributed by atoms with van der Waals surface area (Å²) in [4.78, 5) is 12.5. The summed E-state index contributed by atoms with van der Waals surface area (Å²) in [5, 5.41) is 0. The maximum Gasteiger partial charge on any atom is 0.305 e. The highest BCUT2D eigenvalue weighted by Gasteiger charge is 2.16. The number of aromatic amines is 1. The van der Waals surface area contributed by atoms with Crippen LogP contribution in [0.15, 0.2) is 9.00 Å². The average Bonchev–Trinajstić information content (AvgIpc) is 2.08. The van der Waals surface area contributed by atoms with Crippen molar-refractivity contribution in [2.75, 3.05) is 0 Å². The van der Waals surface area contributed by atoms with Crippen LogP contribution in [0.25, 0.3) is 0 Å². The second kappa shape index (κ2) is 2.62. The van der Waals surface area contributed by atoms with Gasteiger partial charge in [0.1, 0.15) is 0 Å². The monoisotopic (exact) mass is 213 g/mol. The molecule has 0 saturated carbocycles. The fourth-order valence-electron chi connectivity index (χ4n) is 0.623. The molecule has 0 unspecified atom stereocenters. The van der Waals surface area contributed by atoms with Gasteiger partial charge in [0.05, 0.1) is 0 Å². The molecule has 1 aromatic rings. The summed E-state index contributed by atoms with van der Waals surface area (Å²) < 4.78 is 21.3. The zero-order valence-electron chi connectivity index (χ0n) is 5.42. The smallest absolute Gasteiger partial charge is 0.305 e. The van der Waals surface area contributed by atoms with Crippen LogP contribution in [0.5, 0.6) is 0 Å². The first-order chi connectivity index (χ1) is 4.91. The van der Waals surface area contributed by atoms with Gasteiger partial charge in [0.2, 0.25) is 0 Å². The number of aromatic nitrogens is 1. The molecule has 1 rings (SSSR count). The van der Waals surface area contributed by atoms with Crippen molar-refractivity contribution in [3.8, 4) is 0 Å². The Morgan fingerprint density at radius 2 is 2.09 bits per heavy atom. The lowest BCUT2D eigenvalue weighted by atomic mass is 10.6. The van der Waals surface area contributed by atoms with E-state index in [1.54, 1.807) is 0 Å². The largest absolute Gasteiger partial charge is 0.315 e. The summed E-state index contributed by atoms with van der Waals surface area (Å²) in [6.07, 6.45) is 0. The molecule has 1 aromatic heterocycles. The SMILES string of the molecule is Cc1[nH]c(=O)sc1S(=O)(=O)Cl. The molecule has 0 radical (unpaired) electrons. The molecule has 0 amide bonds. The van der Waals surface area contributed by atoms with Gasteiger partial charge >= 0.3 is 4.87 Å². The van der Waals surface area contributed by atoms with E-state index in [-0.39, 0.29) is 9.90 Å². The third-order valence-electron chi connectivity index (χ3n) is 1.00. The Hall–Kier alpha value is -0.330. The van der Waals surface area contributed by atoms with Gasteiger partial charge < -0.3 is 4.98 Å². The number of hydrogen-bond acceptors (Lipinski definition) is 4. The topological polar surface area (TPSA) is 67.0 Å². The lowest BCUT2D eigenvalue weighted by Crippen LogP contribution is -1.91. The van der Waals surface area contributed by atoms with Crippen molar-refractivity contribution in [2.45, 2.75) is 11.1 Å². The fraction of sp³-hybridized carbons (Fsp3) is 0.250. The van der Waals surface area contributed by atoms with E-state index in [0.717, 1.165) is 0 Å². The molecule has 1 heterocycles. The summed E-state index contributed by atoms with van der Waals surface area (Å²) in [7, 11) is 1.25. The van der Waals surface area contributed by atoms with Gasteiger partial charge in [-0.1, -0.05) is 11.3 Å². The molecule has 0 aliphatic carbocycles. The van der Waals surface area contributed by atoms with Crippen LogP contribution >= 0.6 is 22.0 Å². The Labute approximate surface area is 71.3 Å². The number of aryl methyl sites for hydroxylation is 1. The molecule has 0 aliphatic rings. The molecule has 0 aliphatic heterocycles. The number of halogens is 1. The van der Waals surface area contributed by atoms with Crippen LogP contribution in [0, 0.1) is 6.92 Å².